The molecule has 1 atom stereocenters. The summed E-state index contributed by atoms with van der Waals surface area (Å²) in [5.41, 5.74) is 5.86. The lowest BCUT2D eigenvalue weighted by Crippen LogP contribution is -2.46. The van der Waals surface area contributed by atoms with E-state index in [1.165, 1.54) is 43.9 Å². The number of thioether (sulfide) groups is 1. The molecule has 0 heterocycles. The quantitative estimate of drug-likeness (QED) is 0.758. The number of carbonyl (C=O) groups is 1. The highest BCUT2D eigenvalue weighted by Crippen LogP contribution is 2.26. The van der Waals surface area contributed by atoms with Gasteiger partial charge in [-0.3, -0.25) is 4.79 Å². The summed E-state index contributed by atoms with van der Waals surface area (Å²) in [6.07, 6.45) is 6.21. The molecule has 1 fully saturated rings. The van der Waals surface area contributed by atoms with Crippen molar-refractivity contribution in [3.63, 3.8) is 0 Å². The Morgan fingerprint density at radius 1 is 1.32 bits per heavy atom. The Bertz CT molecular complexity index is 458. The van der Waals surface area contributed by atoms with Crippen LogP contribution in [0.1, 0.15) is 32.1 Å². The SMILES string of the molecule is COc1ccc(SCC(=O)NC(CN)C2CCCCC2)cc1. The fourth-order valence-corrected chi connectivity index (χ4v) is 3.68. The van der Waals surface area contributed by atoms with E-state index in [-0.39, 0.29) is 11.9 Å². The molecule has 22 heavy (non-hydrogen) atoms. The molecule has 0 spiro atoms. The summed E-state index contributed by atoms with van der Waals surface area (Å²) in [7, 11) is 1.65. The zero-order chi connectivity index (χ0) is 15.8. The number of hydrogen-bond acceptors (Lipinski definition) is 4. The molecule has 0 bridgehead atoms. The van der Waals surface area contributed by atoms with Gasteiger partial charge in [-0.2, -0.15) is 0 Å². The van der Waals surface area contributed by atoms with Crippen molar-refractivity contribution in [3.8, 4) is 5.75 Å². The second-order valence-electron chi connectivity index (χ2n) is 5.77. The largest absolute Gasteiger partial charge is 0.497 e. The molecule has 0 aliphatic heterocycles. The average Bonchev–Trinajstić information content (AvgIpc) is 2.59. The molecule has 4 nitrogen and oxygen atoms in total. The van der Waals surface area contributed by atoms with Crippen LogP contribution in [0.3, 0.4) is 0 Å². The number of ether oxygens (including phenoxy) is 1. The minimum Gasteiger partial charge on any atom is -0.497 e. The first-order valence-electron chi connectivity index (χ1n) is 7.99. The first-order valence-corrected chi connectivity index (χ1v) is 8.97. The van der Waals surface area contributed by atoms with Crippen molar-refractivity contribution >= 4 is 17.7 Å². The molecule has 0 aromatic heterocycles. The van der Waals surface area contributed by atoms with Crippen LogP contribution in [0.25, 0.3) is 0 Å². The van der Waals surface area contributed by atoms with E-state index in [9.17, 15) is 4.79 Å². The number of amides is 1. The molecule has 1 amide bonds. The van der Waals surface area contributed by atoms with Gasteiger partial charge < -0.3 is 15.8 Å². The van der Waals surface area contributed by atoms with Gasteiger partial charge >= 0.3 is 0 Å². The number of nitrogens with one attached hydrogen (secondary N) is 1. The molecule has 0 saturated heterocycles. The summed E-state index contributed by atoms with van der Waals surface area (Å²) in [6, 6.07) is 7.89. The van der Waals surface area contributed by atoms with Gasteiger partial charge in [0, 0.05) is 17.5 Å². The zero-order valence-electron chi connectivity index (χ0n) is 13.2. The van der Waals surface area contributed by atoms with Gasteiger partial charge in [-0.25, -0.2) is 0 Å². The van der Waals surface area contributed by atoms with Gasteiger partial charge in [-0.05, 0) is 43.0 Å². The third kappa shape index (κ3) is 5.21. The maximum Gasteiger partial charge on any atom is 0.230 e. The molecule has 1 saturated carbocycles. The second-order valence-corrected chi connectivity index (χ2v) is 6.82. The van der Waals surface area contributed by atoms with E-state index in [0.29, 0.717) is 18.2 Å². The number of carbonyl (C=O) groups excluding carboxylic acids is 1. The molecular formula is C17H26N2O2S. The van der Waals surface area contributed by atoms with E-state index in [1.807, 2.05) is 24.3 Å². The molecule has 122 valence electrons. The molecule has 2 rings (SSSR count). The van der Waals surface area contributed by atoms with Crippen molar-refractivity contribution in [3.05, 3.63) is 24.3 Å². The van der Waals surface area contributed by atoms with E-state index in [1.54, 1.807) is 7.11 Å². The van der Waals surface area contributed by atoms with Crippen LogP contribution in [0.5, 0.6) is 5.75 Å². The van der Waals surface area contributed by atoms with Gasteiger partial charge in [0.2, 0.25) is 5.91 Å². The summed E-state index contributed by atoms with van der Waals surface area (Å²) in [5.74, 6) is 1.88. The maximum absolute atomic E-state index is 12.1. The van der Waals surface area contributed by atoms with Crippen molar-refractivity contribution in [2.75, 3.05) is 19.4 Å². The van der Waals surface area contributed by atoms with Crippen LogP contribution in [-0.2, 0) is 4.79 Å². The number of hydrogen-bond donors (Lipinski definition) is 2. The Morgan fingerprint density at radius 3 is 2.59 bits per heavy atom. The smallest absolute Gasteiger partial charge is 0.230 e. The van der Waals surface area contributed by atoms with Crippen molar-refractivity contribution < 1.29 is 9.53 Å². The van der Waals surface area contributed by atoms with Gasteiger partial charge in [0.1, 0.15) is 5.75 Å². The van der Waals surface area contributed by atoms with Gasteiger partial charge in [0.05, 0.1) is 12.9 Å². The zero-order valence-corrected chi connectivity index (χ0v) is 14.0. The number of nitrogens with two attached hydrogens (primary N) is 1. The summed E-state index contributed by atoms with van der Waals surface area (Å²) >= 11 is 1.54. The Labute approximate surface area is 137 Å². The maximum atomic E-state index is 12.1. The van der Waals surface area contributed by atoms with Crippen LogP contribution >= 0.6 is 11.8 Å². The van der Waals surface area contributed by atoms with Crippen LogP contribution in [-0.4, -0.2) is 31.4 Å². The van der Waals surface area contributed by atoms with Gasteiger partial charge in [0.15, 0.2) is 0 Å². The highest BCUT2D eigenvalue weighted by molar-refractivity contribution is 8.00. The fraction of sp³-hybridized carbons (Fsp3) is 0.588. The van der Waals surface area contributed by atoms with Gasteiger partial charge in [-0.1, -0.05) is 19.3 Å². The van der Waals surface area contributed by atoms with E-state index in [2.05, 4.69) is 5.32 Å². The monoisotopic (exact) mass is 322 g/mol. The highest BCUT2D eigenvalue weighted by atomic mass is 32.2. The minimum absolute atomic E-state index is 0.0711. The minimum atomic E-state index is 0.0711. The van der Waals surface area contributed by atoms with Crippen LogP contribution in [0.2, 0.25) is 0 Å². The standard InChI is InChI=1S/C17H26N2O2S/c1-21-14-7-9-15(10-8-14)22-12-17(20)19-16(11-18)13-5-3-2-4-6-13/h7-10,13,16H,2-6,11-12,18H2,1H3,(H,19,20). The van der Waals surface area contributed by atoms with Crippen LogP contribution < -0.4 is 15.8 Å². The van der Waals surface area contributed by atoms with Crippen molar-refractivity contribution in [1.29, 1.82) is 0 Å². The van der Waals surface area contributed by atoms with Gasteiger partial charge in [-0.15, -0.1) is 11.8 Å². The molecule has 1 aliphatic rings. The number of benzene rings is 1. The Morgan fingerprint density at radius 2 is 2.00 bits per heavy atom. The molecule has 1 aliphatic carbocycles. The average molecular weight is 322 g/mol. The molecule has 3 N–H and O–H groups in total. The predicted molar refractivity (Wildman–Crippen MR) is 91.3 cm³/mol. The van der Waals surface area contributed by atoms with Crippen LogP contribution in [0.15, 0.2) is 29.2 Å². The van der Waals surface area contributed by atoms with Crippen molar-refractivity contribution in [2.45, 2.75) is 43.0 Å². The lowest BCUT2D eigenvalue weighted by Gasteiger charge is -2.30. The predicted octanol–water partition coefficient (Wildman–Crippen LogP) is 2.81. The molecular weight excluding hydrogens is 296 g/mol. The first-order chi connectivity index (χ1) is 10.7. The first kappa shape index (κ1) is 17.2. The summed E-state index contributed by atoms with van der Waals surface area (Å²) in [5, 5.41) is 3.12. The molecule has 1 aromatic carbocycles. The van der Waals surface area contributed by atoms with E-state index in [4.69, 9.17) is 10.5 Å². The van der Waals surface area contributed by atoms with E-state index < -0.39 is 0 Å². The van der Waals surface area contributed by atoms with Crippen molar-refractivity contribution in [2.24, 2.45) is 11.7 Å². The van der Waals surface area contributed by atoms with E-state index in [0.717, 1.165) is 10.6 Å². The van der Waals surface area contributed by atoms with Crippen LogP contribution in [0.4, 0.5) is 0 Å². The molecule has 1 aromatic rings. The Balaban J connectivity index is 1.77. The van der Waals surface area contributed by atoms with Crippen LogP contribution in [0, 0.1) is 5.92 Å². The molecule has 1 unspecified atom stereocenters. The molecule has 5 heteroatoms. The fourth-order valence-electron chi connectivity index (χ4n) is 2.98. The second kappa shape index (κ2) is 9.06. The Kier molecular flexibility index (Phi) is 7.06. The van der Waals surface area contributed by atoms with Crippen molar-refractivity contribution in [1.82, 2.24) is 5.32 Å². The highest BCUT2D eigenvalue weighted by Gasteiger charge is 2.23. The number of rotatable bonds is 7. The number of methoxy groups -OCH3 is 1. The third-order valence-electron chi connectivity index (χ3n) is 4.25. The van der Waals surface area contributed by atoms with E-state index >= 15 is 0 Å². The topological polar surface area (TPSA) is 64.3 Å². The lowest BCUT2D eigenvalue weighted by atomic mass is 9.84. The molecule has 0 radical (unpaired) electrons. The van der Waals surface area contributed by atoms with Gasteiger partial charge in [0.25, 0.3) is 0 Å². The Hall–Kier alpha value is -1.20. The normalized spacial score (nSPS) is 17.0. The third-order valence-corrected chi connectivity index (χ3v) is 5.26. The summed E-state index contributed by atoms with van der Waals surface area (Å²) < 4.78 is 5.13. The summed E-state index contributed by atoms with van der Waals surface area (Å²) in [6.45, 7) is 0.531. The summed E-state index contributed by atoms with van der Waals surface area (Å²) in [4.78, 5) is 13.2. The lowest BCUT2D eigenvalue weighted by molar-refractivity contribution is -0.119.